The van der Waals surface area contributed by atoms with Crippen LogP contribution in [0.25, 0.3) is 0 Å². The third-order valence-corrected chi connectivity index (χ3v) is 4.90. The maximum Gasteiger partial charge on any atom is 0.223 e. The van der Waals surface area contributed by atoms with Crippen LogP contribution in [0.3, 0.4) is 0 Å². The first-order valence-electron chi connectivity index (χ1n) is 8.55. The van der Waals surface area contributed by atoms with Gasteiger partial charge in [0.2, 0.25) is 5.91 Å². The van der Waals surface area contributed by atoms with Crippen LogP contribution in [0.2, 0.25) is 0 Å². The molecule has 0 aromatic heterocycles. The third-order valence-electron chi connectivity index (χ3n) is 4.90. The molecule has 1 unspecified atom stereocenters. The summed E-state index contributed by atoms with van der Waals surface area (Å²) in [7, 11) is 1.97. The van der Waals surface area contributed by atoms with Crippen LogP contribution in [0.4, 0.5) is 0 Å². The number of amides is 1. The largest absolute Gasteiger partial charge is 0.343 e. The normalized spacial score (nSPS) is 16.7. The molecule has 1 amide bonds. The number of carbonyl (C=O) groups is 1. The highest BCUT2D eigenvalue weighted by Gasteiger charge is 2.23. The summed E-state index contributed by atoms with van der Waals surface area (Å²) in [6, 6.07) is 9.15. The number of hydrogen-bond donors (Lipinski definition) is 1. The molecule has 3 nitrogen and oxygen atoms in total. The van der Waals surface area contributed by atoms with Gasteiger partial charge in [0.25, 0.3) is 0 Å². The molecule has 1 fully saturated rings. The van der Waals surface area contributed by atoms with E-state index in [4.69, 9.17) is 0 Å². The highest BCUT2D eigenvalue weighted by atomic mass is 35.5. The van der Waals surface area contributed by atoms with Gasteiger partial charge in [-0.05, 0) is 48.9 Å². The Bertz CT molecular complexity index is 481. The number of carbonyl (C=O) groups excluding carboxylic acids is 1. The fourth-order valence-electron chi connectivity index (χ4n) is 3.13. The average Bonchev–Trinajstić information content (AvgIpc) is 2.54. The average molecular weight is 339 g/mol. The Kier molecular flexibility index (Phi) is 8.07. The van der Waals surface area contributed by atoms with Crippen molar-refractivity contribution < 1.29 is 4.79 Å². The lowest BCUT2D eigenvalue weighted by atomic mass is 9.93. The molecule has 1 saturated heterocycles. The van der Waals surface area contributed by atoms with Crippen molar-refractivity contribution in [3.05, 3.63) is 35.4 Å². The van der Waals surface area contributed by atoms with E-state index in [1.807, 2.05) is 11.9 Å². The first kappa shape index (κ1) is 20.0. The van der Waals surface area contributed by atoms with Gasteiger partial charge >= 0.3 is 0 Å². The van der Waals surface area contributed by atoms with Crippen LogP contribution in [0.1, 0.15) is 63.0 Å². The number of nitrogens with one attached hydrogen (secondary N) is 1. The molecule has 0 spiro atoms. The third kappa shape index (κ3) is 5.50. The fourth-order valence-corrected chi connectivity index (χ4v) is 3.13. The van der Waals surface area contributed by atoms with E-state index in [1.165, 1.54) is 11.1 Å². The Labute approximate surface area is 147 Å². The molecule has 1 heterocycles. The molecule has 2 rings (SSSR count). The van der Waals surface area contributed by atoms with Crippen molar-refractivity contribution in [3.8, 4) is 0 Å². The molecule has 1 aliphatic heterocycles. The lowest BCUT2D eigenvalue weighted by molar-refractivity contribution is -0.132. The molecule has 0 bridgehead atoms. The second-order valence-electron chi connectivity index (χ2n) is 6.91. The van der Waals surface area contributed by atoms with Crippen LogP contribution >= 0.6 is 12.4 Å². The maximum absolute atomic E-state index is 12.5. The van der Waals surface area contributed by atoms with Gasteiger partial charge in [-0.2, -0.15) is 0 Å². The summed E-state index contributed by atoms with van der Waals surface area (Å²) in [5.41, 5.74) is 2.62. The number of piperidine rings is 1. The van der Waals surface area contributed by atoms with Gasteiger partial charge in [-0.3, -0.25) is 4.79 Å². The lowest BCUT2D eigenvalue weighted by Gasteiger charge is -2.32. The zero-order valence-corrected chi connectivity index (χ0v) is 15.7. The van der Waals surface area contributed by atoms with Gasteiger partial charge in [0.1, 0.15) is 0 Å². The Morgan fingerprint density at radius 2 is 1.65 bits per heavy atom. The van der Waals surface area contributed by atoms with E-state index in [-0.39, 0.29) is 24.2 Å². The van der Waals surface area contributed by atoms with Crippen molar-refractivity contribution in [2.24, 2.45) is 0 Å². The molecule has 0 radical (unpaired) electrons. The Balaban J connectivity index is 0.00000264. The second-order valence-corrected chi connectivity index (χ2v) is 6.91. The highest BCUT2D eigenvalue weighted by molar-refractivity contribution is 5.85. The number of halogens is 1. The molecule has 23 heavy (non-hydrogen) atoms. The van der Waals surface area contributed by atoms with Crippen LogP contribution in [0.15, 0.2) is 24.3 Å². The van der Waals surface area contributed by atoms with Crippen molar-refractivity contribution >= 4 is 18.3 Å². The summed E-state index contributed by atoms with van der Waals surface area (Å²) in [5, 5.41) is 3.35. The Hall–Kier alpha value is -1.06. The molecule has 1 aromatic rings. The van der Waals surface area contributed by atoms with E-state index < -0.39 is 0 Å². The minimum Gasteiger partial charge on any atom is -0.343 e. The van der Waals surface area contributed by atoms with Crippen LogP contribution in [-0.2, 0) is 4.79 Å². The molecule has 4 heteroatoms. The van der Waals surface area contributed by atoms with Gasteiger partial charge in [0.05, 0.1) is 0 Å². The number of hydrogen-bond acceptors (Lipinski definition) is 2. The molecule has 0 saturated carbocycles. The Morgan fingerprint density at radius 3 is 2.17 bits per heavy atom. The SMILES string of the molecule is CC(C)c1ccc(C(C)CC(=O)N(C)C2CCNCC2)cc1.Cl. The van der Waals surface area contributed by atoms with Crippen LogP contribution in [0, 0.1) is 0 Å². The fraction of sp³-hybridized carbons (Fsp3) is 0.632. The first-order chi connectivity index (χ1) is 10.5. The quantitative estimate of drug-likeness (QED) is 0.882. The number of nitrogens with zero attached hydrogens (tertiary/aromatic N) is 1. The minimum absolute atomic E-state index is 0. The summed E-state index contributed by atoms with van der Waals surface area (Å²) in [6.07, 6.45) is 2.74. The molecule has 1 atom stereocenters. The summed E-state index contributed by atoms with van der Waals surface area (Å²) < 4.78 is 0. The summed E-state index contributed by atoms with van der Waals surface area (Å²) in [4.78, 5) is 14.5. The van der Waals surface area contributed by atoms with Gasteiger partial charge in [0.15, 0.2) is 0 Å². The van der Waals surface area contributed by atoms with Crippen molar-refractivity contribution in [1.82, 2.24) is 10.2 Å². The predicted octanol–water partition coefficient (Wildman–Crippen LogP) is 3.94. The summed E-state index contributed by atoms with van der Waals surface area (Å²) >= 11 is 0. The number of rotatable bonds is 5. The molecule has 1 N–H and O–H groups in total. The maximum atomic E-state index is 12.5. The van der Waals surface area contributed by atoms with E-state index >= 15 is 0 Å². The second kappa shape index (κ2) is 9.29. The van der Waals surface area contributed by atoms with Crippen molar-refractivity contribution in [1.29, 1.82) is 0 Å². The summed E-state index contributed by atoms with van der Waals surface area (Å²) in [5.74, 6) is 1.10. The van der Waals surface area contributed by atoms with Gasteiger partial charge in [-0.1, -0.05) is 45.0 Å². The number of benzene rings is 1. The summed E-state index contributed by atoms with van der Waals surface area (Å²) in [6.45, 7) is 8.60. The van der Waals surface area contributed by atoms with Crippen molar-refractivity contribution in [3.63, 3.8) is 0 Å². The molecular weight excluding hydrogens is 308 g/mol. The van der Waals surface area contributed by atoms with E-state index in [1.54, 1.807) is 0 Å². The molecule has 1 aromatic carbocycles. The van der Waals surface area contributed by atoms with E-state index in [2.05, 4.69) is 50.4 Å². The van der Waals surface area contributed by atoms with Gasteiger partial charge < -0.3 is 10.2 Å². The first-order valence-corrected chi connectivity index (χ1v) is 8.55. The van der Waals surface area contributed by atoms with Crippen molar-refractivity contribution in [2.45, 2.75) is 57.9 Å². The smallest absolute Gasteiger partial charge is 0.223 e. The van der Waals surface area contributed by atoms with Crippen LogP contribution in [-0.4, -0.2) is 37.0 Å². The molecular formula is C19H31ClN2O. The van der Waals surface area contributed by atoms with Crippen LogP contribution in [0.5, 0.6) is 0 Å². The van der Waals surface area contributed by atoms with E-state index in [9.17, 15) is 4.79 Å². The Morgan fingerprint density at radius 1 is 1.13 bits per heavy atom. The monoisotopic (exact) mass is 338 g/mol. The van der Waals surface area contributed by atoms with Crippen LogP contribution < -0.4 is 5.32 Å². The zero-order chi connectivity index (χ0) is 16.1. The molecule has 0 aliphatic carbocycles. The van der Waals surface area contributed by atoms with Gasteiger partial charge in [-0.25, -0.2) is 0 Å². The van der Waals surface area contributed by atoms with Crippen molar-refractivity contribution in [2.75, 3.05) is 20.1 Å². The predicted molar refractivity (Wildman–Crippen MR) is 99.5 cm³/mol. The van der Waals surface area contributed by atoms with Gasteiger partial charge in [-0.15, -0.1) is 12.4 Å². The molecule has 130 valence electrons. The lowest BCUT2D eigenvalue weighted by Crippen LogP contribution is -2.44. The van der Waals surface area contributed by atoms with E-state index in [0.29, 0.717) is 18.4 Å². The zero-order valence-electron chi connectivity index (χ0n) is 14.8. The van der Waals surface area contributed by atoms with Gasteiger partial charge in [0, 0.05) is 19.5 Å². The topological polar surface area (TPSA) is 32.3 Å². The standard InChI is InChI=1S/C19H30N2O.ClH/c1-14(2)16-5-7-17(8-6-16)15(3)13-19(22)21(4)18-9-11-20-12-10-18;/h5-8,14-15,18,20H,9-13H2,1-4H3;1H. The highest BCUT2D eigenvalue weighted by Crippen LogP contribution is 2.23. The van der Waals surface area contributed by atoms with E-state index in [0.717, 1.165) is 25.9 Å². The minimum atomic E-state index is 0. The molecule has 1 aliphatic rings.